The first kappa shape index (κ1) is 12.8. The molecular weight excluding hydrogens is 228 g/mol. The van der Waals surface area contributed by atoms with E-state index in [4.69, 9.17) is 5.73 Å². The van der Waals surface area contributed by atoms with E-state index in [1.165, 1.54) is 0 Å². The zero-order valence-electron chi connectivity index (χ0n) is 10.6. The van der Waals surface area contributed by atoms with Gasteiger partial charge >= 0.3 is 11.9 Å². The molecule has 0 spiro atoms. The van der Waals surface area contributed by atoms with Gasteiger partial charge in [0.1, 0.15) is 6.04 Å². The molecular formula is C14H19N2O2+. The van der Waals surface area contributed by atoms with E-state index in [-0.39, 0.29) is 22.9 Å². The fourth-order valence-electron chi connectivity index (χ4n) is 2.81. The van der Waals surface area contributed by atoms with E-state index in [0.717, 1.165) is 18.4 Å². The minimum Gasteiger partial charge on any atom is -0.318 e. The van der Waals surface area contributed by atoms with Crippen LogP contribution in [0.3, 0.4) is 0 Å². The lowest BCUT2D eigenvalue weighted by Gasteiger charge is -2.31. The monoisotopic (exact) mass is 247 g/mol. The normalized spacial score (nSPS) is 27.1. The summed E-state index contributed by atoms with van der Waals surface area (Å²) in [6.07, 6.45) is 2.03. The summed E-state index contributed by atoms with van der Waals surface area (Å²) in [6.45, 7) is 2.48. The van der Waals surface area contributed by atoms with Crippen LogP contribution in [0.2, 0.25) is 0 Å². The number of likely N-dealkylation sites (tertiary alicyclic amines) is 1. The molecule has 1 fully saturated rings. The van der Waals surface area contributed by atoms with Crippen LogP contribution in [-0.4, -0.2) is 29.0 Å². The van der Waals surface area contributed by atoms with Gasteiger partial charge in [-0.2, -0.15) is 4.48 Å². The Labute approximate surface area is 107 Å². The van der Waals surface area contributed by atoms with E-state index in [1.54, 1.807) is 0 Å². The summed E-state index contributed by atoms with van der Waals surface area (Å²) in [4.78, 5) is 24.2. The molecule has 0 bridgehead atoms. The van der Waals surface area contributed by atoms with Gasteiger partial charge in [-0.25, -0.2) is 9.59 Å². The highest BCUT2D eigenvalue weighted by Crippen LogP contribution is 2.28. The van der Waals surface area contributed by atoms with Crippen LogP contribution in [-0.2, 0) is 11.2 Å². The third kappa shape index (κ3) is 2.04. The molecule has 0 radical (unpaired) electrons. The average Bonchev–Trinajstić information content (AvgIpc) is 2.73. The third-order valence-corrected chi connectivity index (χ3v) is 3.92. The van der Waals surface area contributed by atoms with E-state index in [1.807, 2.05) is 37.3 Å². The smallest absolute Gasteiger partial charge is 0.318 e. The van der Waals surface area contributed by atoms with Crippen molar-refractivity contribution in [3.05, 3.63) is 35.9 Å². The molecule has 2 N–H and O–H groups in total. The second-order valence-electron chi connectivity index (χ2n) is 4.98. The zero-order chi connectivity index (χ0) is 13.2. The Bertz CT molecular complexity index is 458. The Balaban J connectivity index is 2.23. The maximum Gasteiger partial charge on any atom is 0.421 e. The van der Waals surface area contributed by atoms with Gasteiger partial charge in [0.15, 0.2) is 0 Å². The van der Waals surface area contributed by atoms with Gasteiger partial charge in [0.2, 0.25) is 0 Å². The number of nitrogens with zero attached hydrogens (tertiary/aromatic N) is 1. The molecule has 0 aromatic heterocycles. The Hall–Kier alpha value is -1.68. The van der Waals surface area contributed by atoms with Crippen LogP contribution in [0.5, 0.6) is 0 Å². The molecule has 0 saturated carbocycles. The average molecular weight is 247 g/mol. The molecule has 18 heavy (non-hydrogen) atoms. The molecule has 96 valence electrons. The van der Waals surface area contributed by atoms with Crippen molar-refractivity contribution in [2.24, 2.45) is 5.73 Å². The number of primary amides is 1. The number of carbonyl (C=O) groups is 2. The predicted octanol–water partition coefficient (Wildman–Crippen LogP) is 1.83. The molecule has 1 aliphatic rings. The first-order valence-corrected chi connectivity index (χ1v) is 6.32. The molecule has 0 aliphatic carbocycles. The predicted molar refractivity (Wildman–Crippen MR) is 68.6 cm³/mol. The van der Waals surface area contributed by atoms with Crippen LogP contribution < -0.4 is 5.73 Å². The van der Waals surface area contributed by atoms with Gasteiger partial charge < -0.3 is 5.73 Å². The Kier molecular flexibility index (Phi) is 3.48. The molecule has 1 aromatic carbocycles. The van der Waals surface area contributed by atoms with Gasteiger partial charge in [-0.1, -0.05) is 30.3 Å². The van der Waals surface area contributed by atoms with Crippen molar-refractivity contribution in [3.8, 4) is 0 Å². The molecule has 1 aliphatic heterocycles. The highest BCUT2D eigenvalue weighted by molar-refractivity contribution is 5.84. The van der Waals surface area contributed by atoms with E-state index in [9.17, 15) is 9.59 Å². The number of amides is 3. The maximum atomic E-state index is 12.5. The van der Waals surface area contributed by atoms with E-state index >= 15 is 0 Å². The molecule has 1 aromatic rings. The Morgan fingerprint density at radius 1 is 1.33 bits per heavy atom. The lowest BCUT2D eigenvalue weighted by molar-refractivity contribution is -0.783. The summed E-state index contributed by atoms with van der Waals surface area (Å²) in [6, 6.07) is 8.98. The second kappa shape index (κ2) is 4.90. The zero-order valence-corrected chi connectivity index (χ0v) is 10.6. The highest BCUT2D eigenvalue weighted by Gasteiger charge is 2.50. The molecule has 1 unspecified atom stereocenters. The first-order valence-electron chi connectivity index (χ1n) is 6.32. The fourth-order valence-corrected chi connectivity index (χ4v) is 2.81. The summed E-state index contributed by atoms with van der Waals surface area (Å²) in [5.41, 5.74) is 6.42. The highest BCUT2D eigenvalue weighted by atomic mass is 16.2. The van der Waals surface area contributed by atoms with Crippen LogP contribution >= 0.6 is 0 Å². The number of rotatable bonds is 2. The minimum atomic E-state index is -0.513. The van der Waals surface area contributed by atoms with Gasteiger partial charge in [-0.3, -0.25) is 0 Å². The standard InChI is InChI=1S/C14H18N2O2/c1-11-6-5-9-16(11,14(15)18)13(17)10-12-7-3-2-4-8-12/h2-4,7-8,11H,5-6,9-10H2,1H3,(H-,15,18)/p+1/t11-,16?/m1/s1. The molecule has 1 saturated heterocycles. The van der Waals surface area contributed by atoms with E-state index < -0.39 is 6.03 Å². The topological polar surface area (TPSA) is 60.2 Å². The lowest BCUT2D eigenvalue weighted by Crippen LogP contribution is -2.61. The summed E-state index contributed by atoms with van der Waals surface area (Å²) in [5, 5.41) is 0. The van der Waals surface area contributed by atoms with Crippen LogP contribution in [0.25, 0.3) is 0 Å². The maximum absolute atomic E-state index is 12.5. The van der Waals surface area contributed by atoms with Crippen molar-refractivity contribution in [1.29, 1.82) is 0 Å². The number of urea groups is 1. The summed E-state index contributed by atoms with van der Waals surface area (Å²) in [5.74, 6) is -0.0845. The van der Waals surface area contributed by atoms with Gasteiger partial charge in [-0.15, -0.1) is 0 Å². The molecule has 4 heteroatoms. The van der Waals surface area contributed by atoms with Crippen molar-refractivity contribution in [2.75, 3.05) is 6.54 Å². The van der Waals surface area contributed by atoms with Crippen molar-refractivity contribution in [1.82, 2.24) is 0 Å². The number of quaternary nitrogens is 1. The van der Waals surface area contributed by atoms with Gasteiger partial charge in [-0.05, 0) is 12.5 Å². The van der Waals surface area contributed by atoms with Crippen molar-refractivity contribution in [3.63, 3.8) is 0 Å². The van der Waals surface area contributed by atoms with E-state index in [2.05, 4.69) is 0 Å². The van der Waals surface area contributed by atoms with Crippen molar-refractivity contribution in [2.45, 2.75) is 32.2 Å². The van der Waals surface area contributed by atoms with Crippen LogP contribution in [0.4, 0.5) is 4.79 Å². The Morgan fingerprint density at radius 3 is 2.50 bits per heavy atom. The third-order valence-electron chi connectivity index (χ3n) is 3.92. The quantitative estimate of drug-likeness (QED) is 0.810. The second-order valence-corrected chi connectivity index (χ2v) is 4.98. The number of benzene rings is 1. The number of hydrogen-bond acceptors (Lipinski definition) is 2. The van der Waals surface area contributed by atoms with Crippen molar-refractivity contribution >= 4 is 11.9 Å². The fraction of sp³-hybridized carbons (Fsp3) is 0.429. The van der Waals surface area contributed by atoms with Crippen molar-refractivity contribution < 1.29 is 14.1 Å². The molecule has 4 nitrogen and oxygen atoms in total. The summed E-state index contributed by atoms with van der Waals surface area (Å²) < 4.78 is -0.186. The molecule has 2 rings (SSSR count). The molecule has 1 heterocycles. The van der Waals surface area contributed by atoms with Crippen LogP contribution in [0, 0.1) is 0 Å². The molecule has 2 atom stereocenters. The number of carbonyl (C=O) groups excluding carboxylic acids is 2. The number of imide groups is 1. The van der Waals surface area contributed by atoms with Gasteiger partial charge in [0, 0.05) is 12.8 Å². The Morgan fingerprint density at radius 2 is 2.00 bits per heavy atom. The molecule has 3 amide bonds. The van der Waals surface area contributed by atoms with E-state index in [0.29, 0.717) is 6.54 Å². The first-order chi connectivity index (χ1) is 8.57. The van der Waals surface area contributed by atoms with Crippen LogP contribution in [0.15, 0.2) is 30.3 Å². The SMILES string of the molecule is C[C@@H]1CCC[N+]1(C(N)=O)C(=O)Cc1ccccc1. The van der Waals surface area contributed by atoms with Gasteiger partial charge in [0.05, 0.1) is 13.0 Å². The summed E-state index contributed by atoms with van der Waals surface area (Å²) in [7, 11) is 0. The summed E-state index contributed by atoms with van der Waals surface area (Å²) >= 11 is 0. The largest absolute Gasteiger partial charge is 0.421 e. The number of hydrogen-bond donors (Lipinski definition) is 1. The van der Waals surface area contributed by atoms with Gasteiger partial charge in [0.25, 0.3) is 0 Å². The van der Waals surface area contributed by atoms with Crippen LogP contribution in [0.1, 0.15) is 25.3 Å². The number of nitrogens with two attached hydrogens (primary N) is 1. The minimum absolute atomic E-state index is 0.00119. The lowest BCUT2D eigenvalue weighted by atomic mass is 10.1.